The molecule has 0 radical (unpaired) electrons. The lowest BCUT2D eigenvalue weighted by atomic mass is 9.79. The van der Waals surface area contributed by atoms with E-state index in [0.29, 0.717) is 0 Å². The highest BCUT2D eigenvalue weighted by molar-refractivity contribution is 5.85. The number of carboxylic acid groups (broad SMARTS) is 1. The van der Waals surface area contributed by atoms with Crippen LogP contribution < -0.4 is 0 Å². The van der Waals surface area contributed by atoms with Gasteiger partial charge in [-0.25, -0.2) is 9.18 Å². The summed E-state index contributed by atoms with van der Waals surface area (Å²) >= 11 is 0. The highest BCUT2D eigenvalue weighted by Crippen LogP contribution is 2.66. The summed E-state index contributed by atoms with van der Waals surface area (Å²) in [4.78, 5) is 10.5. The van der Waals surface area contributed by atoms with Crippen LogP contribution in [0.25, 0.3) is 0 Å². The molecular formula is C15H9F19O3. The first-order valence-electron chi connectivity index (χ1n) is 8.30. The van der Waals surface area contributed by atoms with E-state index in [4.69, 9.17) is 5.11 Å². The van der Waals surface area contributed by atoms with E-state index in [0.717, 1.165) is 0 Å². The van der Waals surface area contributed by atoms with Gasteiger partial charge in [-0.2, -0.15) is 79.0 Å². The van der Waals surface area contributed by atoms with Crippen LogP contribution in [0, 0.1) is 0 Å². The Hall–Kier alpha value is -2.16. The number of aliphatic hydroxyl groups is 1. The third-order valence-corrected chi connectivity index (χ3v) is 4.72. The zero-order valence-corrected chi connectivity index (χ0v) is 16.9. The number of carboxylic acids is 1. The van der Waals surface area contributed by atoms with Gasteiger partial charge in [0.05, 0.1) is 0 Å². The topological polar surface area (TPSA) is 57.5 Å². The largest absolute Gasteiger partial charge is 0.478 e. The highest BCUT2D eigenvalue weighted by Gasteiger charge is 2.98. The van der Waals surface area contributed by atoms with E-state index in [1.54, 1.807) is 0 Å². The molecule has 0 aromatic heterocycles. The van der Waals surface area contributed by atoms with Crippen molar-refractivity contribution in [3.05, 3.63) is 12.2 Å². The molecule has 1 atom stereocenters. The first kappa shape index (κ1) is 34.8. The fourth-order valence-electron chi connectivity index (χ4n) is 2.46. The molecule has 0 amide bonds. The van der Waals surface area contributed by atoms with Crippen LogP contribution in [0.1, 0.15) is 13.3 Å². The summed E-state index contributed by atoms with van der Waals surface area (Å²) in [5.74, 6) is -54.3. The van der Waals surface area contributed by atoms with Gasteiger partial charge in [-0.3, -0.25) is 0 Å². The molecule has 22 heteroatoms. The molecule has 0 saturated heterocycles. The Kier molecular flexibility index (Phi) is 8.17. The van der Waals surface area contributed by atoms with E-state index in [-0.39, 0.29) is 0 Å². The smallest absolute Gasteiger partial charge is 0.438 e. The summed E-state index contributed by atoms with van der Waals surface area (Å²) in [6, 6.07) is 0. The van der Waals surface area contributed by atoms with E-state index in [9.17, 15) is 93.3 Å². The third kappa shape index (κ3) is 4.45. The number of aliphatic carboxylic acids is 1. The van der Waals surface area contributed by atoms with Gasteiger partial charge in [0.1, 0.15) is 5.60 Å². The fraction of sp³-hybridized carbons (Fsp3) is 0.800. The number of hydrogen-bond acceptors (Lipinski definition) is 2. The monoisotopic (exact) mass is 598 g/mol. The Morgan fingerprint density at radius 2 is 0.811 bits per heavy atom. The molecule has 0 aromatic carbocycles. The Morgan fingerprint density at radius 1 is 0.568 bits per heavy atom. The summed E-state index contributed by atoms with van der Waals surface area (Å²) in [6.45, 7) is 1.62. The molecule has 0 fully saturated rings. The summed E-state index contributed by atoms with van der Waals surface area (Å²) in [6.07, 6.45) is -19.2. The zero-order valence-electron chi connectivity index (χ0n) is 16.9. The lowest BCUT2D eigenvalue weighted by Crippen LogP contribution is -2.78. The van der Waals surface area contributed by atoms with Gasteiger partial charge in [0.2, 0.25) is 0 Å². The Labute approximate surface area is 190 Å². The van der Waals surface area contributed by atoms with Crippen LogP contribution in [0.15, 0.2) is 12.2 Å². The number of alkyl halides is 19. The first-order chi connectivity index (χ1) is 15.6. The van der Waals surface area contributed by atoms with Crippen LogP contribution >= 0.6 is 0 Å². The zero-order chi connectivity index (χ0) is 30.9. The number of hydrogen-bond donors (Lipinski definition) is 2. The summed E-state index contributed by atoms with van der Waals surface area (Å²) in [5, 5.41) is 17.7. The van der Waals surface area contributed by atoms with Crippen molar-refractivity contribution in [2.24, 2.45) is 0 Å². The Bertz CT molecular complexity index is 881. The molecule has 0 bridgehead atoms. The highest BCUT2D eigenvalue weighted by atomic mass is 19.4. The SMILES string of the molecule is C=C(CC(C)(O)C(F)(F)C(F)(F)C(F)(F)C(F)(F)C(F)(F)C(F)(F)C(F)(C(F)(F)F)C(F)(F)F)C(=O)O. The van der Waals surface area contributed by atoms with Crippen LogP contribution in [0.2, 0.25) is 0 Å². The van der Waals surface area contributed by atoms with Crippen molar-refractivity contribution < 1.29 is 98.4 Å². The van der Waals surface area contributed by atoms with Gasteiger partial charge in [0, 0.05) is 12.0 Å². The number of halogens is 19. The third-order valence-electron chi connectivity index (χ3n) is 4.72. The van der Waals surface area contributed by atoms with Crippen molar-refractivity contribution in [3.63, 3.8) is 0 Å². The van der Waals surface area contributed by atoms with Crippen molar-refractivity contribution in [2.45, 2.75) is 72.5 Å². The summed E-state index contributed by atoms with van der Waals surface area (Å²) in [5.41, 5.74) is -15.6. The summed E-state index contributed by atoms with van der Waals surface area (Å²) in [7, 11) is 0. The van der Waals surface area contributed by atoms with Gasteiger partial charge in [-0.1, -0.05) is 6.58 Å². The second-order valence-corrected chi connectivity index (χ2v) is 7.46. The second kappa shape index (κ2) is 8.68. The molecule has 0 spiro atoms. The molecule has 3 nitrogen and oxygen atoms in total. The predicted octanol–water partition coefficient (Wildman–Crippen LogP) is 6.41. The average molecular weight is 598 g/mol. The van der Waals surface area contributed by atoms with Gasteiger partial charge >= 0.3 is 59.5 Å². The lowest BCUT2D eigenvalue weighted by Gasteiger charge is -2.46. The van der Waals surface area contributed by atoms with Crippen molar-refractivity contribution in [3.8, 4) is 0 Å². The van der Waals surface area contributed by atoms with E-state index in [1.165, 1.54) is 0 Å². The molecule has 0 saturated carbocycles. The minimum atomic E-state index is -9.18. The van der Waals surface area contributed by atoms with Crippen molar-refractivity contribution in [1.82, 2.24) is 0 Å². The van der Waals surface area contributed by atoms with Crippen LogP contribution in [0.4, 0.5) is 83.4 Å². The molecule has 37 heavy (non-hydrogen) atoms. The molecule has 0 aliphatic heterocycles. The van der Waals surface area contributed by atoms with Crippen LogP contribution in [0.3, 0.4) is 0 Å². The van der Waals surface area contributed by atoms with E-state index >= 15 is 0 Å². The van der Waals surface area contributed by atoms with Crippen molar-refractivity contribution in [1.29, 1.82) is 0 Å². The Balaban J connectivity index is 7.20. The molecule has 0 rings (SSSR count). The fourth-order valence-corrected chi connectivity index (χ4v) is 2.46. The maximum Gasteiger partial charge on any atom is 0.438 e. The minimum Gasteiger partial charge on any atom is -0.478 e. The molecule has 0 heterocycles. The van der Waals surface area contributed by atoms with E-state index in [2.05, 4.69) is 6.58 Å². The predicted molar refractivity (Wildman–Crippen MR) is 77.6 cm³/mol. The van der Waals surface area contributed by atoms with Gasteiger partial charge in [0.15, 0.2) is 0 Å². The maximum absolute atomic E-state index is 14.0. The molecule has 2 N–H and O–H groups in total. The summed E-state index contributed by atoms with van der Waals surface area (Å²) < 4.78 is 253. The normalized spacial score (nSPS) is 17.4. The molecule has 220 valence electrons. The first-order valence-corrected chi connectivity index (χ1v) is 8.30. The standard InChI is InChI=1S/C15H9F19O3/c1-4(5(35)36)3-6(2,37)8(17,18)10(21,22)12(25,26)13(27,28)11(23,24)9(19,20)7(16,14(29,30)31)15(32,33)34/h37H,1,3H2,2H3,(H,35,36). The quantitative estimate of drug-likeness (QED) is 0.226. The molecular weight excluding hydrogens is 589 g/mol. The van der Waals surface area contributed by atoms with Gasteiger partial charge in [0.25, 0.3) is 0 Å². The molecule has 1 unspecified atom stereocenters. The minimum absolute atomic E-state index is 0.726. The number of rotatable bonds is 10. The number of carbonyl (C=O) groups is 1. The van der Waals surface area contributed by atoms with Crippen LogP contribution in [-0.2, 0) is 4.79 Å². The van der Waals surface area contributed by atoms with Crippen LogP contribution in [0.5, 0.6) is 0 Å². The van der Waals surface area contributed by atoms with Gasteiger partial charge in [-0.05, 0) is 6.92 Å². The molecule has 0 aromatic rings. The second-order valence-electron chi connectivity index (χ2n) is 7.46. The van der Waals surface area contributed by atoms with E-state index < -0.39 is 84.0 Å². The van der Waals surface area contributed by atoms with Gasteiger partial charge < -0.3 is 10.2 Å². The van der Waals surface area contributed by atoms with E-state index in [1.807, 2.05) is 0 Å². The van der Waals surface area contributed by atoms with Crippen LogP contribution in [-0.4, -0.2) is 75.3 Å². The van der Waals surface area contributed by atoms with Gasteiger partial charge in [-0.15, -0.1) is 0 Å². The molecule has 0 aliphatic rings. The molecule has 0 aliphatic carbocycles. The van der Waals surface area contributed by atoms with Crippen molar-refractivity contribution >= 4 is 5.97 Å². The lowest BCUT2D eigenvalue weighted by molar-refractivity contribution is -0.475. The Morgan fingerprint density at radius 3 is 1.05 bits per heavy atom. The average Bonchev–Trinajstić information content (AvgIpc) is 2.63. The van der Waals surface area contributed by atoms with Crippen molar-refractivity contribution in [2.75, 3.05) is 0 Å². The maximum atomic E-state index is 14.0.